The molecule has 0 fully saturated rings. The molecule has 0 aliphatic heterocycles. The Labute approximate surface area is 88.0 Å². The summed E-state index contributed by atoms with van der Waals surface area (Å²) in [4.78, 5) is 8.52. The highest BCUT2D eigenvalue weighted by atomic mass is 32.1. The summed E-state index contributed by atoms with van der Waals surface area (Å²) >= 11 is 1.56. The first-order valence-electron chi connectivity index (χ1n) is 4.51. The van der Waals surface area contributed by atoms with Crippen molar-refractivity contribution in [1.82, 2.24) is 10.3 Å². The van der Waals surface area contributed by atoms with E-state index in [1.807, 2.05) is 19.2 Å². The smallest absolute Gasteiger partial charge is 0.159 e. The molecule has 0 bridgehead atoms. The second-order valence-electron chi connectivity index (χ2n) is 2.68. The summed E-state index contributed by atoms with van der Waals surface area (Å²) in [6, 6.07) is 0. The Morgan fingerprint density at radius 1 is 1.79 bits per heavy atom. The van der Waals surface area contributed by atoms with Gasteiger partial charge in [0.2, 0.25) is 0 Å². The largest absolute Gasteiger partial charge is 0.362 e. The summed E-state index contributed by atoms with van der Waals surface area (Å²) < 4.78 is 5.11. The average Bonchev–Trinajstić information content (AvgIpc) is 2.69. The fourth-order valence-corrected chi connectivity index (χ4v) is 1.53. The maximum atomic E-state index is 5.11. The van der Waals surface area contributed by atoms with Gasteiger partial charge in [0, 0.05) is 25.2 Å². The highest BCUT2D eigenvalue weighted by Crippen LogP contribution is 2.05. The van der Waals surface area contributed by atoms with E-state index in [0.29, 0.717) is 0 Å². The van der Waals surface area contributed by atoms with Gasteiger partial charge in [0.1, 0.15) is 6.23 Å². The number of hydrogen-bond donors (Lipinski definition) is 1. The fraction of sp³-hybridized carbons (Fsp3) is 0.556. The van der Waals surface area contributed by atoms with Crippen molar-refractivity contribution in [1.29, 1.82) is 0 Å². The third kappa shape index (κ3) is 3.08. The number of hydrogen-bond acceptors (Lipinski definition) is 4. The lowest BCUT2D eigenvalue weighted by Gasteiger charge is -2.13. The van der Waals surface area contributed by atoms with Gasteiger partial charge in [0.25, 0.3) is 0 Å². The second-order valence-corrected chi connectivity index (χ2v) is 3.58. The summed E-state index contributed by atoms with van der Waals surface area (Å²) in [5.41, 5.74) is 0. The quantitative estimate of drug-likeness (QED) is 0.468. The van der Waals surface area contributed by atoms with E-state index in [9.17, 15) is 0 Å². The van der Waals surface area contributed by atoms with Crippen LogP contribution in [0.2, 0.25) is 0 Å². The number of nitrogens with zero attached hydrogens (tertiary/aromatic N) is 2. The van der Waals surface area contributed by atoms with E-state index >= 15 is 0 Å². The topological polar surface area (TPSA) is 46.5 Å². The molecule has 78 valence electrons. The number of aromatic nitrogens is 1. The van der Waals surface area contributed by atoms with Crippen LogP contribution in [-0.4, -0.2) is 30.7 Å². The van der Waals surface area contributed by atoms with Crippen LogP contribution >= 0.6 is 11.3 Å². The van der Waals surface area contributed by atoms with Gasteiger partial charge in [-0.3, -0.25) is 4.99 Å². The number of thiazole rings is 1. The zero-order valence-corrected chi connectivity index (χ0v) is 9.47. The predicted octanol–water partition coefficient (Wildman–Crippen LogP) is 1.49. The molecule has 5 heteroatoms. The van der Waals surface area contributed by atoms with Crippen LogP contribution in [0.4, 0.5) is 0 Å². The Kier molecular flexibility index (Phi) is 4.55. The molecule has 0 aliphatic rings. The number of ether oxygens (including phenoxy) is 1. The van der Waals surface area contributed by atoms with Gasteiger partial charge >= 0.3 is 0 Å². The van der Waals surface area contributed by atoms with Gasteiger partial charge in [0.15, 0.2) is 10.8 Å². The molecule has 14 heavy (non-hydrogen) atoms. The minimum atomic E-state index is -0.0517. The molecular formula is C9H15N3OS. The van der Waals surface area contributed by atoms with E-state index in [1.165, 1.54) is 0 Å². The molecule has 0 aliphatic carbocycles. The lowest BCUT2D eigenvalue weighted by molar-refractivity contribution is 0.107. The van der Waals surface area contributed by atoms with Gasteiger partial charge in [-0.2, -0.15) is 0 Å². The Balaban J connectivity index is 2.71. The van der Waals surface area contributed by atoms with Crippen LogP contribution in [0.25, 0.3) is 0 Å². The van der Waals surface area contributed by atoms with Crippen LogP contribution in [0.5, 0.6) is 0 Å². The maximum absolute atomic E-state index is 5.11. The number of rotatable bonds is 4. The standard InChI is InChI=1S/C9H15N3OS/c1-4-10-8(12-7(2)13-3)9-11-5-6-14-9/h5-7H,4H2,1-3H3,(H,10,12). The van der Waals surface area contributed by atoms with E-state index in [2.05, 4.69) is 15.3 Å². The Bertz CT molecular complexity index is 284. The third-order valence-corrected chi connectivity index (χ3v) is 2.42. The van der Waals surface area contributed by atoms with Crippen LogP contribution in [-0.2, 0) is 4.74 Å². The number of amidine groups is 1. The van der Waals surface area contributed by atoms with Crippen molar-refractivity contribution in [2.45, 2.75) is 20.1 Å². The van der Waals surface area contributed by atoms with Crippen molar-refractivity contribution in [2.24, 2.45) is 4.99 Å². The molecule has 0 saturated heterocycles. The molecule has 0 spiro atoms. The summed E-state index contributed by atoms with van der Waals surface area (Å²) in [6.07, 6.45) is 1.72. The van der Waals surface area contributed by atoms with Crippen LogP contribution in [0.15, 0.2) is 16.6 Å². The fourth-order valence-electron chi connectivity index (χ4n) is 0.925. The van der Waals surface area contributed by atoms with Crippen LogP contribution in [0, 0.1) is 0 Å². The first-order valence-corrected chi connectivity index (χ1v) is 5.39. The Morgan fingerprint density at radius 3 is 3.07 bits per heavy atom. The Hall–Kier alpha value is -0.940. The summed E-state index contributed by atoms with van der Waals surface area (Å²) in [5, 5.41) is 5.97. The molecule has 1 heterocycles. The minimum Gasteiger partial charge on any atom is -0.362 e. The number of nitrogens with one attached hydrogen (secondary N) is 1. The maximum Gasteiger partial charge on any atom is 0.159 e. The van der Waals surface area contributed by atoms with Gasteiger partial charge in [-0.15, -0.1) is 11.3 Å². The van der Waals surface area contributed by atoms with E-state index < -0.39 is 0 Å². The van der Waals surface area contributed by atoms with Crippen molar-refractivity contribution < 1.29 is 4.74 Å². The molecule has 1 N–H and O–H groups in total. The van der Waals surface area contributed by atoms with E-state index in [-0.39, 0.29) is 6.23 Å². The highest BCUT2D eigenvalue weighted by molar-refractivity contribution is 7.11. The summed E-state index contributed by atoms with van der Waals surface area (Å²) in [5.74, 6) is 0.803. The molecule has 0 radical (unpaired) electrons. The number of methoxy groups -OCH3 is 1. The summed E-state index contributed by atoms with van der Waals surface area (Å²) in [7, 11) is 1.66. The normalized spacial score (nSPS) is 14.1. The monoisotopic (exact) mass is 213 g/mol. The van der Waals surface area contributed by atoms with E-state index in [1.54, 1.807) is 24.6 Å². The molecule has 0 amide bonds. The zero-order chi connectivity index (χ0) is 10.4. The van der Waals surface area contributed by atoms with Gasteiger partial charge < -0.3 is 10.1 Å². The number of aliphatic imine (C=N–C) groups is 1. The van der Waals surface area contributed by atoms with Crippen LogP contribution < -0.4 is 5.32 Å². The molecule has 0 saturated carbocycles. The molecule has 1 unspecified atom stereocenters. The van der Waals surface area contributed by atoms with E-state index in [4.69, 9.17) is 4.74 Å². The van der Waals surface area contributed by atoms with Gasteiger partial charge in [-0.1, -0.05) is 0 Å². The molecule has 4 nitrogen and oxygen atoms in total. The molecule has 1 aromatic heterocycles. The lowest BCUT2D eigenvalue weighted by Crippen LogP contribution is -2.34. The molecule has 0 aromatic carbocycles. The van der Waals surface area contributed by atoms with Gasteiger partial charge in [-0.05, 0) is 13.8 Å². The average molecular weight is 213 g/mol. The molecule has 1 atom stereocenters. The van der Waals surface area contributed by atoms with Crippen molar-refractivity contribution >= 4 is 17.2 Å². The van der Waals surface area contributed by atoms with Crippen molar-refractivity contribution in [3.8, 4) is 0 Å². The van der Waals surface area contributed by atoms with Crippen molar-refractivity contribution in [3.05, 3.63) is 16.6 Å². The van der Waals surface area contributed by atoms with Crippen LogP contribution in [0.3, 0.4) is 0 Å². The first kappa shape index (κ1) is 11.1. The van der Waals surface area contributed by atoms with Gasteiger partial charge in [0.05, 0.1) is 0 Å². The van der Waals surface area contributed by atoms with Gasteiger partial charge in [-0.25, -0.2) is 4.98 Å². The molecule has 1 aromatic rings. The predicted molar refractivity (Wildman–Crippen MR) is 58.8 cm³/mol. The Morgan fingerprint density at radius 2 is 2.57 bits per heavy atom. The highest BCUT2D eigenvalue weighted by Gasteiger charge is 2.08. The SMILES string of the molecule is CC/N=C(\NC(C)OC)c1nccs1. The second kappa shape index (κ2) is 5.72. The van der Waals surface area contributed by atoms with Crippen molar-refractivity contribution in [2.75, 3.05) is 13.7 Å². The third-order valence-electron chi connectivity index (χ3n) is 1.64. The van der Waals surface area contributed by atoms with Crippen LogP contribution in [0.1, 0.15) is 18.9 Å². The van der Waals surface area contributed by atoms with E-state index in [0.717, 1.165) is 17.4 Å². The van der Waals surface area contributed by atoms with Crippen molar-refractivity contribution in [3.63, 3.8) is 0 Å². The lowest BCUT2D eigenvalue weighted by atomic mass is 10.5. The minimum absolute atomic E-state index is 0.0517. The zero-order valence-electron chi connectivity index (χ0n) is 8.65. The molecule has 1 rings (SSSR count). The molecular weight excluding hydrogens is 198 g/mol. The first-order chi connectivity index (χ1) is 6.77. The summed E-state index contributed by atoms with van der Waals surface area (Å²) in [6.45, 7) is 4.66.